The standard InChI is InChI=1S/C22H32N4O2/c1-18(28-17-20-6-4-3-5-7-20)8-11-26-12-9-19(10-13-26)14-23-22(27)21-15-24-25(2)16-21/h3-7,15-16,18-19H,8-14,17H2,1-2H3,(H,23,27)/t18-/m0/s1. The lowest BCUT2D eigenvalue weighted by Crippen LogP contribution is -2.39. The normalized spacial score (nSPS) is 16.8. The highest BCUT2D eigenvalue weighted by atomic mass is 16.5. The van der Waals surface area contributed by atoms with Crippen molar-refractivity contribution in [2.45, 2.75) is 38.9 Å². The number of aromatic nitrogens is 2. The third-order valence-electron chi connectivity index (χ3n) is 5.45. The summed E-state index contributed by atoms with van der Waals surface area (Å²) in [6.07, 6.45) is 6.93. The summed E-state index contributed by atoms with van der Waals surface area (Å²) in [5.41, 5.74) is 1.85. The molecule has 1 atom stereocenters. The van der Waals surface area contributed by atoms with Gasteiger partial charge in [0.25, 0.3) is 5.91 Å². The molecule has 2 aromatic rings. The molecule has 0 aliphatic carbocycles. The van der Waals surface area contributed by atoms with Gasteiger partial charge in [0.2, 0.25) is 0 Å². The average Bonchev–Trinajstić information content (AvgIpc) is 3.17. The highest BCUT2D eigenvalue weighted by Gasteiger charge is 2.20. The number of rotatable bonds is 9. The molecule has 0 radical (unpaired) electrons. The zero-order valence-corrected chi connectivity index (χ0v) is 17.0. The van der Waals surface area contributed by atoms with Gasteiger partial charge in [0, 0.05) is 26.3 Å². The van der Waals surface area contributed by atoms with Crippen LogP contribution in [0.15, 0.2) is 42.7 Å². The molecule has 6 nitrogen and oxygen atoms in total. The molecule has 0 saturated carbocycles. The minimum atomic E-state index is -0.0279. The van der Waals surface area contributed by atoms with Crippen LogP contribution in [0.4, 0.5) is 0 Å². The summed E-state index contributed by atoms with van der Waals surface area (Å²) >= 11 is 0. The number of carbonyl (C=O) groups excluding carboxylic acids is 1. The van der Waals surface area contributed by atoms with Crippen molar-refractivity contribution in [2.24, 2.45) is 13.0 Å². The maximum atomic E-state index is 12.1. The number of likely N-dealkylation sites (tertiary alicyclic amines) is 1. The van der Waals surface area contributed by atoms with E-state index in [-0.39, 0.29) is 12.0 Å². The quantitative estimate of drug-likeness (QED) is 0.722. The van der Waals surface area contributed by atoms with Crippen LogP contribution >= 0.6 is 0 Å². The number of carbonyl (C=O) groups is 1. The molecule has 28 heavy (non-hydrogen) atoms. The largest absolute Gasteiger partial charge is 0.374 e. The predicted octanol–water partition coefficient (Wildman–Crippen LogP) is 2.86. The van der Waals surface area contributed by atoms with Gasteiger partial charge in [0.1, 0.15) is 0 Å². The molecule has 2 heterocycles. The minimum absolute atomic E-state index is 0.0279. The van der Waals surface area contributed by atoms with Crippen LogP contribution < -0.4 is 5.32 Å². The van der Waals surface area contributed by atoms with Crippen LogP contribution in [0, 0.1) is 5.92 Å². The minimum Gasteiger partial charge on any atom is -0.374 e. The highest BCUT2D eigenvalue weighted by molar-refractivity contribution is 5.93. The number of nitrogens with zero attached hydrogens (tertiary/aromatic N) is 3. The maximum Gasteiger partial charge on any atom is 0.254 e. The SMILES string of the molecule is C[C@@H](CCN1CCC(CNC(=O)c2cnn(C)c2)CC1)OCc1ccccc1. The van der Waals surface area contributed by atoms with E-state index in [1.807, 2.05) is 25.2 Å². The Kier molecular flexibility index (Phi) is 7.62. The second-order valence-corrected chi connectivity index (χ2v) is 7.79. The van der Waals surface area contributed by atoms with Crippen LogP contribution in [0.2, 0.25) is 0 Å². The van der Waals surface area contributed by atoms with Gasteiger partial charge in [0.15, 0.2) is 0 Å². The number of aryl methyl sites for hydroxylation is 1. The van der Waals surface area contributed by atoms with Crippen molar-refractivity contribution in [1.29, 1.82) is 0 Å². The van der Waals surface area contributed by atoms with E-state index >= 15 is 0 Å². The number of ether oxygens (including phenoxy) is 1. The van der Waals surface area contributed by atoms with Crippen molar-refractivity contribution in [1.82, 2.24) is 20.0 Å². The topological polar surface area (TPSA) is 59.4 Å². The van der Waals surface area contributed by atoms with Crippen LogP contribution in [0.1, 0.15) is 42.1 Å². The van der Waals surface area contributed by atoms with Gasteiger partial charge >= 0.3 is 0 Å². The summed E-state index contributed by atoms with van der Waals surface area (Å²) in [4.78, 5) is 14.6. The highest BCUT2D eigenvalue weighted by Crippen LogP contribution is 2.17. The number of piperidine rings is 1. The zero-order chi connectivity index (χ0) is 19.8. The lowest BCUT2D eigenvalue weighted by molar-refractivity contribution is 0.0372. The monoisotopic (exact) mass is 384 g/mol. The van der Waals surface area contributed by atoms with E-state index in [0.717, 1.165) is 45.4 Å². The molecule has 152 valence electrons. The summed E-state index contributed by atoms with van der Waals surface area (Å²) in [6.45, 7) is 6.85. The van der Waals surface area contributed by atoms with E-state index in [1.165, 1.54) is 5.56 Å². The molecule has 1 fully saturated rings. The number of amides is 1. The van der Waals surface area contributed by atoms with Gasteiger partial charge in [-0.15, -0.1) is 0 Å². The van der Waals surface area contributed by atoms with Crippen molar-refractivity contribution in [3.05, 3.63) is 53.9 Å². The van der Waals surface area contributed by atoms with E-state index in [1.54, 1.807) is 17.1 Å². The van der Waals surface area contributed by atoms with Crippen molar-refractivity contribution in [3.63, 3.8) is 0 Å². The summed E-state index contributed by atoms with van der Waals surface area (Å²) in [5, 5.41) is 7.09. The molecule has 1 aliphatic heterocycles. The van der Waals surface area contributed by atoms with Crippen LogP contribution in [0.25, 0.3) is 0 Å². The van der Waals surface area contributed by atoms with Crippen molar-refractivity contribution < 1.29 is 9.53 Å². The molecule has 6 heteroatoms. The molecule has 1 amide bonds. The Balaban J connectivity index is 1.28. The zero-order valence-electron chi connectivity index (χ0n) is 17.0. The number of hydrogen-bond acceptors (Lipinski definition) is 4. The van der Waals surface area contributed by atoms with Crippen LogP contribution in [-0.4, -0.2) is 52.9 Å². The summed E-state index contributed by atoms with van der Waals surface area (Å²) < 4.78 is 7.62. The second kappa shape index (κ2) is 10.4. The van der Waals surface area contributed by atoms with Gasteiger partial charge in [-0.3, -0.25) is 9.48 Å². The van der Waals surface area contributed by atoms with Crippen molar-refractivity contribution in [3.8, 4) is 0 Å². The first-order valence-electron chi connectivity index (χ1n) is 10.2. The molecule has 1 N–H and O–H groups in total. The van der Waals surface area contributed by atoms with Gasteiger partial charge in [-0.25, -0.2) is 0 Å². The number of benzene rings is 1. The third-order valence-corrected chi connectivity index (χ3v) is 5.45. The van der Waals surface area contributed by atoms with Crippen molar-refractivity contribution >= 4 is 5.91 Å². The van der Waals surface area contributed by atoms with E-state index in [4.69, 9.17) is 4.74 Å². The molecular weight excluding hydrogens is 352 g/mol. The second-order valence-electron chi connectivity index (χ2n) is 7.79. The fourth-order valence-corrected chi connectivity index (χ4v) is 3.55. The maximum absolute atomic E-state index is 12.1. The lowest BCUT2D eigenvalue weighted by atomic mass is 9.96. The van der Waals surface area contributed by atoms with E-state index in [2.05, 4.69) is 34.4 Å². The molecule has 1 saturated heterocycles. The van der Waals surface area contributed by atoms with Crippen molar-refractivity contribution in [2.75, 3.05) is 26.2 Å². The Bertz CT molecular complexity index is 723. The molecule has 0 unspecified atom stereocenters. The van der Waals surface area contributed by atoms with Crippen LogP contribution in [0.3, 0.4) is 0 Å². The van der Waals surface area contributed by atoms with Gasteiger partial charge < -0.3 is 15.0 Å². The number of nitrogens with one attached hydrogen (secondary N) is 1. The van der Waals surface area contributed by atoms with Crippen LogP contribution in [-0.2, 0) is 18.4 Å². The van der Waals surface area contributed by atoms with Gasteiger partial charge in [0.05, 0.1) is 24.5 Å². The van der Waals surface area contributed by atoms with E-state index in [9.17, 15) is 4.79 Å². The Labute approximate surface area is 167 Å². The fraction of sp³-hybridized carbons (Fsp3) is 0.545. The average molecular weight is 385 g/mol. The molecule has 1 aromatic heterocycles. The Morgan fingerprint density at radius 2 is 2.04 bits per heavy atom. The van der Waals surface area contributed by atoms with E-state index < -0.39 is 0 Å². The first-order valence-corrected chi connectivity index (χ1v) is 10.2. The lowest BCUT2D eigenvalue weighted by Gasteiger charge is -2.32. The first kappa shape index (κ1) is 20.6. The smallest absolute Gasteiger partial charge is 0.254 e. The molecule has 1 aromatic carbocycles. The predicted molar refractivity (Wildman–Crippen MR) is 110 cm³/mol. The van der Waals surface area contributed by atoms with Crippen LogP contribution in [0.5, 0.6) is 0 Å². The van der Waals surface area contributed by atoms with E-state index in [0.29, 0.717) is 18.1 Å². The Morgan fingerprint density at radius 1 is 1.29 bits per heavy atom. The van der Waals surface area contributed by atoms with Gasteiger partial charge in [-0.2, -0.15) is 5.10 Å². The molecule has 1 aliphatic rings. The Hall–Kier alpha value is -2.18. The molecule has 0 spiro atoms. The van der Waals surface area contributed by atoms with Gasteiger partial charge in [-0.1, -0.05) is 30.3 Å². The summed E-state index contributed by atoms with van der Waals surface area (Å²) in [5.74, 6) is 0.531. The summed E-state index contributed by atoms with van der Waals surface area (Å²) in [7, 11) is 1.82. The Morgan fingerprint density at radius 3 is 2.71 bits per heavy atom. The third kappa shape index (κ3) is 6.46. The van der Waals surface area contributed by atoms with Gasteiger partial charge in [-0.05, 0) is 50.8 Å². The summed E-state index contributed by atoms with van der Waals surface area (Å²) in [6, 6.07) is 10.3. The molecule has 0 bridgehead atoms. The molecular formula is C22H32N4O2. The fourth-order valence-electron chi connectivity index (χ4n) is 3.55. The first-order chi connectivity index (χ1) is 13.6. The molecule has 3 rings (SSSR count). The number of hydrogen-bond donors (Lipinski definition) is 1.